The Morgan fingerprint density at radius 3 is 2.88 bits per heavy atom. The van der Waals surface area contributed by atoms with Crippen LogP contribution in [0.3, 0.4) is 0 Å². The first kappa shape index (κ1) is 11.6. The molecule has 0 saturated carbocycles. The van der Waals surface area contributed by atoms with Crippen molar-refractivity contribution in [3.05, 3.63) is 40.7 Å². The van der Waals surface area contributed by atoms with Gasteiger partial charge in [0.2, 0.25) is 0 Å². The van der Waals surface area contributed by atoms with Crippen molar-refractivity contribution in [2.75, 3.05) is 7.11 Å². The van der Waals surface area contributed by atoms with Gasteiger partial charge in [-0.2, -0.15) is 0 Å². The third kappa shape index (κ3) is 2.29. The molecule has 88 valence electrons. The fourth-order valence-corrected chi connectivity index (χ4v) is 1.70. The van der Waals surface area contributed by atoms with Gasteiger partial charge >= 0.3 is 5.97 Å². The summed E-state index contributed by atoms with van der Waals surface area (Å²) in [7, 11) is 1.29. The highest BCUT2D eigenvalue weighted by molar-refractivity contribution is 6.32. The highest BCUT2D eigenvalue weighted by Crippen LogP contribution is 2.20. The number of methoxy groups -OCH3 is 1. The highest BCUT2D eigenvalue weighted by Gasteiger charge is 2.12. The van der Waals surface area contributed by atoms with E-state index in [1.165, 1.54) is 18.0 Å². The Morgan fingerprint density at radius 1 is 1.47 bits per heavy atom. The van der Waals surface area contributed by atoms with Crippen molar-refractivity contribution in [2.45, 2.75) is 6.92 Å². The summed E-state index contributed by atoms with van der Waals surface area (Å²) in [4.78, 5) is 11.2. The van der Waals surface area contributed by atoms with Crippen LogP contribution in [-0.2, 0) is 4.74 Å². The molecule has 6 heteroatoms. The number of benzene rings is 1. The lowest BCUT2D eigenvalue weighted by molar-refractivity contribution is 0.0594. The van der Waals surface area contributed by atoms with Gasteiger partial charge in [0.1, 0.15) is 0 Å². The van der Waals surface area contributed by atoms with Crippen LogP contribution in [0.4, 0.5) is 0 Å². The van der Waals surface area contributed by atoms with Crippen molar-refractivity contribution < 1.29 is 9.53 Å². The van der Waals surface area contributed by atoms with Crippen LogP contribution in [0.5, 0.6) is 0 Å². The van der Waals surface area contributed by atoms with E-state index < -0.39 is 5.97 Å². The van der Waals surface area contributed by atoms with E-state index in [2.05, 4.69) is 15.0 Å². The van der Waals surface area contributed by atoms with Crippen LogP contribution in [-0.4, -0.2) is 28.1 Å². The third-order valence-corrected chi connectivity index (χ3v) is 2.54. The fraction of sp³-hybridized carbons (Fsp3) is 0.182. The summed E-state index contributed by atoms with van der Waals surface area (Å²) in [6.07, 6.45) is 1.47. The normalized spacial score (nSPS) is 10.3. The van der Waals surface area contributed by atoms with E-state index >= 15 is 0 Å². The molecule has 17 heavy (non-hydrogen) atoms. The molecule has 0 aliphatic carbocycles. The molecule has 1 aromatic heterocycles. The zero-order valence-corrected chi connectivity index (χ0v) is 10.1. The number of ether oxygens (including phenoxy) is 1. The predicted octanol–water partition coefficient (Wildman–Crippen LogP) is 2.02. The van der Waals surface area contributed by atoms with Crippen LogP contribution in [0, 0.1) is 6.92 Å². The molecular weight excluding hydrogens is 242 g/mol. The molecule has 0 fully saturated rings. The molecule has 2 rings (SSSR count). The summed E-state index contributed by atoms with van der Waals surface area (Å²) in [6, 6.07) is 5.53. The molecule has 2 aromatic rings. The number of aryl methyl sites for hydroxylation is 1. The number of rotatable bonds is 2. The lowest BCUT2D eigenvalue weighted by Crippen LogP contribution is -2.01. The highest BCUT2D eigenvalue weighted by atomic mass is 35.5. The summed E-state index contributed by atoms with van der Waals surface area (Å²) < 4.78 is 5.99. The SMILES string of the molecule is COC(=O)c1cn(-c2ccc(C)cc2Cl)nn1. The van der Waals surface area contributed by atoms with Crippen molar-refractivity contribution >= 4 is 17.6 Å². The minimum atomic E-state index is -0.528. The third-order valence-electron chi connectivity index (χ3n) is 2.24. The monoisotopic (exact) mass is 251 g/mol. The van der Waals surface area contributed by atoms with Crippen molar-refractivity contribution in [1.82, 2.24) is 15.0 Å². The van der Waals surface area contributed by atoms with Crippen LogP contribution in [0.15, 0.2) is 24.4 Å². The smallest absolute Gasteiger partial charge is 0.360 e. The summed E-state index contributed by atoms with van der Waals surface area (Å²) in [5.74, 6) is -0.528. The standard InChI is InChI=1S/C11H10ClN3O2/c1-7-3-4-10(8(12)5-7)15-6-9(13-14-15)11(16)17-2/h3-6H,1-2H3. The number of carbonyl (C=O) groups is 1. The van der Waals surface area contributed by atoms with Gasteiger partial charge in [0.25, 0.3) is 0 Å². The molecular formula is C11H10ClN3O2. The molecule has 0 spiro atoms. The topological polar surface area (TPSA) is 57.0 Å². The van der Waals surface area contributed by atoms with Gasteiger partial charge in [-0.15, -0.1) is 5.10 Å². The number of carbonyl (C=O) groups excluding carboxylic acids is 1. The zero-order chi connectivity index (χ0) is 12.4. The molecule has 0 aliphatic rings. The number of halogens is 1. The van der Waals surface area contributed by atoms with E-state index in [1.54, 1.807) is 0 Å². The Hall–Kier alpha value is -1.88. The van der Waals surface area contributed by atoms with Crippen LogP contribution in [0.1, 0.15) is 16.1 Å². The van der Waals surface area contributed by atoms with Gasteiger partial charge < -0.3 is 4.74 Å². The first-order valence-corrected chi connectivity index (χ1v) is 5.27. The van der Waals surface area contributed by atoms with Gasteiger partial charge in [-0.3, -0.25) is 0 Å². The maximum absolute atomic E-state index is 11.2. The van der Waals surface area contributed by atoms with Gasteiger partial charge in [0.05, 0.1) is 24.0 Å². The predicted molar refractivity (Wildman–Crippen MR) is 62.4 cm³/mol. The van der Waals surface area contributed by atoms with E-state index in [1.807, 2.05) is 25.1 Å². The Morgan fingerprint density at radius 2 is 2.24 bits per heavy atom. The lowest BCUT2D eigenvalue weighted by atomic mass is 10.2. The maximum atomic E-state index is 11.2. The molecule has 1 aromatic carbocycles. The molecule has 0 aliphatic heterocycles. The van der Waals surface area contributed by atoms with Crippen LogP contribution in [0.2, 0.25) is 5.02 Å². The zero-order valence-electron chi connectivity index (χ0n) is 9.35. The first-order chi connectivity index (χ1) is 8.11. The Kier molecular flexibility index (Phi) is 3.10. The van der Waals surface area contributed by atoms with Crippen molar-refractivity contribution in [3.8, 4) is 5.69 Å². The van der Waals surface area contributed by atoms with Crippen LogP contribution < -0.4 is 0 Å². The summed E-state index contributed by atoms with van der Waals surface area (Å²) in [5, 5.41) is 8.08. The fourth-order valence-electron chi connectivity index (χ4n) is 1.38. The summed E-state index contributed by atoms with van der Waals surface area (Å²) >= 11 is 6.08. The largest absolute Gasteiger partial charge is 0.464 e. The molecule has 0 saturated heterocycles. The van der Waals surface area contributed by atoms with E-state index in [9.17, 15) is 4.79 Å². The number of aromatic nitrogens is 3. The average Bonchev–Trinajstić information content (AvgIpc) is 2.77. The second-order valence-corrected chi connectivity index (χ2v) is 3.90. The van der Waals surface area contributed by atoms with Gasteiger partial charge in [0, 0.05) is 0 Å². The van der Waals surface area contributed by atoms with E-state index in [0.717, 1.165) is 5.56 Å². The van der Waals surface area contributed by atoms with E-state index in [4.69, 9.17) is 11.6 Å². The number of nitrogens with zero attached hydrogens (tertiary/aromatic N) is 3. The van der Waals surface area contributed by atoms with Crippen molar-refractivity contribution in [3.63, 3.8) is 0 Å². The first-order valence-electron chi connectivity index (χ1n) is 4.89. The van der Waals surface area contributed by atoms with Gasteiger partial charge in [-0.05, 0) is 24.6 Å². The Balaban J connectivity index is 2.40. The number of esters is 1. The Labute approximate surface area is 103 Å². The molecule has 0 N–H and O–H groups in total. The van der Waals surface area contributed by atoms with Gasteiger partial charge in [-0.25, -0.2) is 9.48 Å². The molecule has 1 heterocycles. The number of hydrogen-bond donors (Lipinski definition) is 0. The average molecular weight is 252 g/mol. The lowest BCUT2D eigenvalue weighted by Gasteiger charge is -2.03. The van der Waals surface area contributed by atoms with Gasteiger partial charge in [0.15, 0.2) is 5.69 Å². The second-order valence-electron chi connectivity index (χ2n) is 3.49. The quantitative estimate of drug-likeness (QED) is 0.766. The van der Waals surface area contributed by atoms with Gasteiger partial charge in [-0.1, -0.05) is 22.9 Å². The van der Waals surface area contributed by atoms with Crippen LogP contribution in [0.25, 0.3) is 5.69 Å². The summed E-state index contributed by atoms with van der Waals surface area (Å²) in [6.45, 7) is 1.94. The molecule has 0 radical (unpaired) electrons. The molecule has 5 nitrogen and oxygen atoms in total. The number of hydrogen-bond acceptors (Lipinski definition) is 4. The molecule has 0 amide bonds. The molecule has 0 atom stereocenters. The van der Waals surface area contributed by atoms with Crippen LogP contribution >= 0.6 is 11.6 Å². The molecule has 0 unspecified atom stereocenters. The minimum Gasteiger partial charge on any atom is -0.464 e. The van der Waals surface area contributed by atoms with E-state index in [-0.39, 0.29) is 5.69 Å². The Bertz CT molecular complexity index is 566. The second kappa shape index (κ2) is 4.55. The van der Waals surface area contributed by atoms with E-state index in [0.29, 0.717) is 10.7 Å². The van der Waals surface area contributed by atoms with Crippen molar-refractivity contribution in [2.24, 2.45) is 0 Å². The summed E-state index contributed by atoms with van der Waals surface area (Å²) in [5.41, 5.74) is 1.86. The van der Waals surface area contributed by atoms with Crippen molar-refractivity contribution in [1.29, 1.82) is 0 Å². The molecule has 0 bridgehead atoms. The minimum absolute atomic E-state index is 0.143. The maximum Gasteiger partial charge on any atom is 0.360 e.